The summed E-state index contributed by atoms with van der Waals surface area (Å²) in [6.45, 7) is 1.68. The summed E-state index contributed by atoms with van der Waals surface area (Å²) in [5.74, 6) is 0. The smallest absolute Gasteiger partial charge is 0.0412 e. The van der Waals surface area contributed by atoms with Gasteiger partial charge in [0.15, 0.2) is 0 Å². The van der Waals surface area contributed by atoms with Gasteiger partial charge in [0.2, 0.25) is 0 Å². The van der Waals surface area contributed by atoms with E-state index in [1.807, 2.05) is 0 Å². The molecule has 1 atom stereocenters. The van der Waals surface area contributed by atoms with E-state index in [1.165, 1.54) is 6.42 Å². The third kappa shape index (κ3) is 2.92. The molecule has 4 nitrogen and oxygen atoms in total. The highest BCUT2D eigenvalue weighted by Gasteiger charge is 2.11. The fourth-order valence-electron chi connectivity index (χ4n) is 1.05. The highest BCUT2D eigenvalue weighted by molar-refractivity contribution is 5.85. The lowest BCUT2D eigenvalue weighted by Crippen LogP contribution is -2.23. The summed E-state index contributed by atoms with van der Waals surface area (Å²) in [4.78, 5) is 2.68. The maximum atomic E-state index is 7.96. The number of nitrogens with zero attached hydrogens (tertiary/aromatic N) is 3. The molecule has 1 aliphatic rings. The van der Waals surface area contributed by atoms with Crippen LogP contribution in [0.25, 0.3) is 10.4 Å². The minimum atomic E-state index is 0. The average Bonchev–Trinajstić information content (AvgIpc) is 2.34. The van der Waals surface area contributed by atoms with Gasteiger partial charge in [0, 0.05) is 17.5 Å². The van der Waals surface area contributed by atoms with Gasteiger partial charge in [0.25, 0.3) is 0 Å². The van der Waals surface area contributed by atoms with Gasteiger partial charge in [-0.25, -0.2) is 0 Å². The Hall–Kier alpha value is -0.440. The summed E-state index contributed by atoms with van der Waals surface area (Å²) in [5, 5.41) is 6.70. The van der Waals surface area contributed by atoms with Crippen molar-refractivity contribution in [1.82, 2.24) is 5.32 Å². The first-order chi connectivity index (χ1) is 4.43. The Kier molecular flexibility index (Phi) is 5.12. The van der Waals surface area contributed by atoms with E-state index >= 15 is 0 Å². The molecule has 0 aromatic carbocycles. The lowest BCUT2D eigenvalue weighted by Gasteiger charge is -2.02. The molecule has 1 aliphatic heterocycles. The standard InChI is InChI=1S/C5H10N4.ClH/c6-9-8-4-5-2-1-3-7-5;/h5,7H,1-4H2;1H/t5-;/m1./s1. The van der Waals surface area contributed by atoms with Crippen molar-refractivity contribution in [3.63, 3.8) is 0 Å². The van der Waals surface area contributed by atoms with Crippen LogP contribution in [-0.2, 0) is 0 Å². The van der Waals surface area contributed by atoms with Crippen LogP contribution in [0.1, 0.15) is 12.8 Å². The normalized spacial score (nSPS) is 23.0. The Morgan fingerprint density at radius 1 is 1.70 bits per heavy atom. The number of hydrogen-bond donors (Lipinski definition) is 1. The second kappa shape index (κ2) is 5.35. The summed E-state index contributed by atoms with van der Waals surface area (Å²) >= 11 is 0. The number of nitrogens with one attached hydrogen (secondary N) is 1. The van der Waals surface area contributed by atoms with Crippen molar-refractivity contribution in [3.8, 4) is 0 Å². The maximum Gasteiger partial charge on any atom is 0.0412 e. The quantitative estimate of drug-likeness (QED) is 0.373. The van der Waals surface area contributed by atoms with Gasteiger partial charge in [-0.3, -0.25) is 0 Å². The molecule has 1 fully saturated rings. The van der Waals surface area contributed by atoms with Crippen LogP contribution in [0.15, 0.2) is 5.11 Å². The zero-order valence-electron chi connectivity index (χ0n) is 5.66. The molecule has 0 spiro atoms. The van der Waals surface area contributed by atoms with Crippen molar-refractivity contribution >= 4 is 12.4 Å². The lowest BCUT2D eigenvalue weighted by atomic mass is 10.2. The van der Waals surface area contributed by atoms with E-state index in [2.05, 4.69) is 15.3 Å². The van der Waals surface area contributed by atoms with Crippen LogP contribution in [0.3, 0.4) is 0 Å². The highest BCUT2D eigenvalue weighted by atomic mass is 35.5. The molecule has 0 unspecified atom stereocenters. The average molecular weight is 163 g/mol. The summed E-state index contributed by atoms with van der Waals surface area (Å²) in [5.41, 5.74) is 7.96. The first-order valence-corrected chi connectivity index (χ1v) is 3.17. The van der Waals surface area contributed by atoms with Crippen LogP contribution < -0.4 is 5.32 Å². The third-order valence-electron chi connectivity index (χ3n) is 1.53. The van der Waals surface area contributed by atoms with Gasteiger partial charge in [0.1, 0.15) is 0 Å². The molecule has 58 valence electrons. The van der Waals surface area contributed by atoms with Gasteiger partial charge >= 0.3 is 0 Å². The Bertz CT molecular complexity index is 126. The van der Waals surface area contributed by atoms with Crippen molar-refractivity contribution < 1.29 is 0 Å². The molecule has 1 N–H and O–H groups in total. The van der Waals surface area contributed by atoms with Crippen molar-refractivity contribution in [2.75, 3.05) is 13.1 Å². The maximum absolute atomic E-state index is 7.96. The molecule has 0 aliphatic carbocycles. The number of azide groups is 1. The summed E-state index contributed by atoms with van der Waals surface area (Å²) in [6, 6.07) is 0.445. The minimum Gasteiger partial charge on any atom is -0.314 e. The van der Waals surface area contributed by atoms with E-state index in [9.17, 15) is 0 Å². The summed E-state index contributed by atoms with van der Waals surface area (Å²) < 4.78 is 0. The molecule has 1 saturated heterocycles. The van der Waals surface area contributed by atoms with Crippen LogP contribution in [0.5, 0.6) is 0 Å². The van der Waals surface area contributed by atoms with Gasteiger partial charge in [-0.2, -0.15) is 0 Å². The molecule has 5 heteroatoms. The fourth-order valence-corrected chi connectivity index (χ4v) is 1.05. The van der Waals surface area contributed by atoms with E-state index in [4.69, 9.17) is 5.53 Å². The highest BCUT2D eigenvalue weighted by Crippen LogP contribution is 2.04. The molecule has 0 amide bonds. The molecule has 0 saturated carbocycles. The first-order valence-electron chi connectivity index (χ1n) is 3.17. The summed E-state index contributed by atoms with van der Waals surface area (Å²) in [7, 11) is 0. The van der Waals surface area contributed by atoms with Crippen LogP contribution in [0.4, 0.5) is 0 Å². The van der Waals surface area contributed by atoms with Crippen molar-refractivity contribution in [1.29, 1.82) is 0 Å². The second-order valence-electron chi connectivity index (χ2n) is 2.21. The molecule has 1 rings (SSSR count). The van der Waals surface area contributed by atoms with Crippen molar-refractivity contribution in [3.05, 3.63) is 10.4 Å². The van der Waals surface area contributed by atoms with Gasteiger partial charge in [-0.05, 0) is 24.9 Å². The topological polar surface area (TPSA) is 60.8 Å². The molecular weight excluding hydrogens is 152 g/mol. The largest absolute Gasteiger partial charge is 0.314 e. The molecular formula is C5H11ClN4. The Balaban J connectivity index is 0.000000810. The van der Waals surface area contributed by atoms with E-state index < -0.39 is 0 Å². The van der Waals surface area contributed by atoms with E-state index in [0.717, 1.165) is 13.0 Å². The van der Waals surface area contributed by atoms with E-state index in [-0.39, 0.29) is 12.4 Å². The van der Waals surface area contributed by atoms with Crippen molar-refractivity contribution in [2.45, 2.75) is 18.9 Å². The molecule has 0 aromatic rings. The van der Waals surface area contributed by atoms with Crippen LogP contribution in [0.2, 0.25) is 0 Å². The molecule has 0 aromatic heterocycles. The molecule has 0 radical (unpaired) electrons. The van der Waals surface area contributed by atoms with Crippen LogP contribution >= 0.6 is 12.4 Å². The summed E-state index contributed by atoms with van der Waals surface area (Å²) in [6.07, 6.45) is 2.37. The number of hydrogen-bond acceptors (Lipinski definition) is 2. The minimum absolute atomic E-state index is 0. The number of rotatable bonds is 2. The Labute approximate surface area is 66.0 Å². The zero-order chi connectivity index (χ0) is 6.53. The second-order valence-corrected chi connectivity index (χ2v) is 2.21. The van der Waals surface area contributed by atoms with Gasteiger partial charge in [0.05, 0.1) is 0 Å². The Morgan fingerprint density at radius 3 is 3.00 bits per heavy atom. The monoisotopic (exact) mass is 162 g/mol. The van der Waals surface area contributed by atoms with Gasteiger partial charge in [-0.15, -0.1) is 12.4 Å². The predicted molar refractivity (Wildman–Crippen MR) is 42.3 cm³/mol. The zero-order valence-corrected chi connectivity index (χ0v) is 6.47. The molecule has 1 heterocycles. The molecule has 0 bridgehead atoms. The molecule has 10 heavy (non-hydrogen) atoms. The predicted octanol–water partition coefficient (Wildman–Crippen LogP) is 1.47. The van der Waals surface area contributed by atoms with Crippen molar-refractivity contribution in [2.24, 2.45) is 5.11 Å². The fraction of sp³-hybridized carbons (Fsp3) is 1.00. The van der Waals surface area contributed by atoms with E-state index in [0.29, 0.717) is 12.6 Å². The SMILES string of the molecule is Cl.[N-]=[N+]=NC[C@H]1CCCN1. The number of halogens is 1. The van der Waals surface area contributed by atoms with Gasteiger partial charge in [-0.1, -0.05) is 5.11 Å². The Morgan fingerprint density at radius 2 is 2.50 bits per heavy atom. The lowest BCUT2D eigenvalue weighted by molar-refractivity contribution is 0.615. The van der Waals surface area contributed by atoms with Crippen LogP contribution in [0, 0.1) is 0 Å². The first kappa shape index (κ1) is 9.56. The van der Waals surface area contributed by atoms with Gasteiger partial charge < -0.3 is 5.32 Å². The van der Waals surface area contributed by atoms with Crippen LogP contribution in [-0.4, -0.2) is 19.1 Å². The van der Waals surface area contributed by atoms with E-state index in [1.54, 1.807) is 0 Å². The third-order valence-corrected chi connectivity index (χ3v) is 1.53.